The standard InChI is InChI=1S/C9H17NS/c1-8(11)10-6-9(7-10)4-2-3-5-9/h8,11H,2-7H2,1H3. The fourth-order valence-electron chi connectivity index (χ4n) is 2.52. The monoisotopic (exact) mass is 171 g/mol. The Hall–Kier alpha value is 0.310. The first-order valence-electron chi connectivity index (χ1n) is 4.64. The number of likely N-dealkylation sites (tertiary alicyclic amines) is 1. The zero-order valence-corrected chi connectivity index (χ0v) is 8.11. The summed E-state index contributed by atoms with van der Waals surface area (Å²) in [6.07, 6.45) is 5.89. The van der Waals surface area contributed by atoms with Gasteiger partial charge in [-0.25, -0.2) is 0 Å². The van der Waals surface area contributed by atoms with E-state index in [2.05, 4.69) is 24.5 Å². The van der Waals surface area contributed by atoms with Crippen molar-refractivity contribution in [2.75, 3.05) is 13.1 Å². The van der Waals surface area contributed by atoms with Gasteiger partial charge in [0.2, 0.25) is 0 Å². The van der Waals surface area contributed by atoms with Crippen LogP contribution in [0.5, 0.6) is 0 Å². The van der Waals surface area contributed by atoms with Crippen molar-refractivity contribution < 1.29 is 0 Å². The smallest absolute Gasteiger partial charge is 0.0499 e. The number of thiol groups is 1. The molecule has 0 aromatic rings. The normalized spacial score (nSPS) is 32.2. The van der Waals surface area contributed by atoms with Gasteiger partial charge in [0.05, 0.1) is 0 Å². The van der Waals surface area contributed by atoms with Crippen molar-refractivity contribution in [1.29, 1.82) is 0 Å². The largest absolute Gasteiger partial charge is 0.291 e. The molecule has 1 unspecified atom stereocenters. The number of hydrogen-bond acceptors (Lipinski definition) is 2. The second-order valence-electron chi connectivity index (χ2n) is 4.24. The Bertz CT molecular complexity index is 142. The maximum atomic E-state index is 4.43. The van der Waals surface area contributed by atoms with Gasteiger partial charge in [-0.3, -0.25) is 4.90 Å². The summed E-state index contributed by atoms with van der Waals surface area (Å²) in [6, 6.07) is 0. The zero-order chi connectivity index (χ0) is 7.90. The van der Waals surface area contributed by atoms with Crippen LogP contribution in [0, 0.1) is 5.41 Å². The molecule has 1 saturated carbocycles. The average Bonchev–Trinajstić information content (AvgIpc) is 2.29. The van der Waals surface area contributed by atoms with E-state index in [0.29, 0.717) is 5.37 Å². The SMILES string of the molecule is CC(S)N1CC2(CCCC2)C1. The Labute approximate surface area is 74.6 Å². The fraction of sp³-hybridized carbons (Fsp3) is 1.00. The van der Waals surface area contributed by atoms with Gasteiger partial charge in [0, 0.05) is 18.5 Å². The molecule has 2 fully saturated rings. The summed E-state index contributed by atoms with van der Waals surface area (Å²) in [4.78, 5) is 2.47. The Morgan fingerprint density at radius 3 is 2.27 bits per heavy atom. The molecule has 1 aliphatic heterocycles. The minimum absolute atomic E-state index is 0.473. The van der Waals surface area contributed by atoms with Crippen LogP contribution in [0.1, 0.15) is 32.6 Å². The van der Waals surface area contributed by atoms with E-state index in [9.17, 15) is 0 Å². The molecule has 1 spiro atoms. The van der Waals surface area contributed by atoms with Gasteiger partial charge in [-0.1, -0.05) is 12.8 Å². The van der Waals surface area contributed by atoms with Crippen LogP contribution in [-0.4, -0.2) is 23.4 Å². The van der Waals surface area contributed by atoms with E-state index in [1.165, 1.54) is 38.8 Å². The topological polar surface area (TPSA) is 3.24 Å². The number of hydrogen-bond donors (Lipinski definition) is 1. The summed E-state index contributed by atoms with van der Waals surface area (Å²) in [5.74, 6) is 0. The first-order valence-corrected chi connectivity index (χ1v) is 5.16. The lowest BCUT2D eigenvalue weighted by atomic mass is 9.78. The van der Waals surface area contributed by atoms with Crippen LogP contribution < -0.4 is 0 Å². The van der Waals surface area contributed by atoms with Crippen LogP contribution in [0.4, 0.5) is 0 Å². The van der Waals surface area contributed by atoms with Crippen molar-refractivity contribution in [2.45, 2.75) is 38.0 Å². The van der Waals surface area contributed by atoms with E-state index in [-0.39, 0.29) is 0 Å². The molecule has 0 aromatic heterocycles. The minimum Gasteiger partial charge on any atom is -0.291 e. The minimum atomic E-state index is 0.473. The predicted octanol–water partition coefficient (Wildman–Crippen LogP) is 2.14. The molecule has 0 N–H and O–H groups in total. The lowest BCUT2D eigenvalue weighted by Gasteiger charge is -2.50. The lowest BCUT2D eigenvalue weighted by Crippen LogP contribution is -2.56. The average molecular weight is 171 g/mol. The number of nitrogens with zero attached hydrogens (tertiary/aromatic N) is 1. The van der Waals surface area contributed by atoms with E-state index < -0.39 is 0 Å². The van der Waals surface area contributed by atoms with Gasteiger partial charge in [-0.2, -0.15) is 12.6 Å². The van der Waals surface area contributed by atoms with Crippen molar-refractivity contribution in [3.63, 3.8) is 0 Å². The molecule has 0 amide bonds. The molecule has 11 heavy (non-hydrogen) atoms. The Morgan fingerprint density at radius 2 is 1.82 bits per heavy atom. The molecular weight excluding hydrogens is 154 g/mol. The first kappa shape index (κ1) is 7.93. The molecule has 64 valence electrons. The summed E-state index contributed by atoms with van der Waals surface area (Å²) in [5.41, 5.74) is 0.747. The Balaban J connectivity index is 1.86. The van der Waals surface area contributed by atoms with Crippen LogP contribution in [0.25, 0.3) is 0 Å². The van der Waals surface area contributed by atoms with E-state index >= 15 is 0 Å². The maximum Gasteiger partial charge on any atom is 0.0499 e. The third kappa shape index (κ3) is 1.31. The predicted molar refractivity (Wildman–Crippen MR) is 50.9 cm³/mol. The summed E-state index contributed by atoms with van der Waals surface area (Å²) < 4.78 is 0. The highest BCUT2D eigenvalue weighted by atomic mass is 32.1. The molecular formula is C9H17NS. The highest BCUT2D eigenvalue weighted by Crippen LogP contribution is 2.46. The van der Waals surface area contributed by atoms with Crippen LogP contribution in [0.15, 0.2) is 0 Å². The van der Waals surface area contributed by atoms with Gasteiger partial charge >= 0.3 is 0 Å². The van der Waals surface area contributed by atoms with Gasteiger partial charge in [-0.15, -0.1) is 0 Å². The molecule has 0 aromatic carbocycles. The molecule has 1 aliphatic carbocycles. The van der Waals surface area contributed by atoms with Gasteiger partial charge in [0.25, 0.3) is 0 Å². The molecule has 2 aliphatic rings. The molecule has 2 rings (SSSR count). The van der Waals surface area contributed by atoms with E-state index in [4.69, 9.17) is 0 Å². The first-order chi connectivity index (χ1) is 5.22. The molecule has 1 atom stereocenters. The van der Waals surface area contributed by atoms with Gasteiger partial charge < -0.3 is 0 Å². The van der Waals surface area contributed by atoms with Crippen molar-refractivity contribution >= 4 is 12.6 Å². The van der Waals surface area contributed by atoms with E-state index in [0.717, 1.165) is 5.41 Å². The van der Waals surface area contributed by atoms with Crippen molar-refractivity contribution in [3.8, 4) is 0 Å². The van der Waals surface area contributed by atoms with Crippen molar-refractivity contribution in [3.05, 3.63) is 0 Å². The summed E-state index contributed by atoms with van der Waals surface area (Å²) in [5, 5.41) is 0.473. The molecule has 2 heteroatoms. The lowest BCUT2D eigenvalue weighted by molar-refractivity contribution is 0.00199. The molecule has 0 bridgehead atoms. The highest BCUT2D eigenvalue weighted by Gasteiger charge is 2.45. The molecule has 1 nitrogen and oxygen atoms in total. The second kappa shape index (κ2) is 2.67. The summed E-state index contributed by atoms with van der Waals surface area (Å²) in [6.45, 7) is 4.81. The maximum absolute atomic E-state index is 4.43. The summed E-state index contributed by atoms with van der Waals surface area (Å²) in [7, 11) is 0. The Morgan fingerprint density at radius 1 is 1.27 bits per heavy atom. The Kier molecular flexibility index (Phi) is 1.92. The van der Waals surface area contributed by atoms with Crippen molar-refractivity contribution in [1.82, 2.24) is 4.90 Å². The van der Waals surface area contributed by atoms with Crippen LogP contribution in [0.3, 0.4) is 0 Å². The van der Waals surface area contributed by atoms with Gasteiger partial charge in [-0.05, 0) is 25.2 Å². The highest BCUT2D eigenvalue weighted by molar-refractivity contribution is 7.80. The third-order valence-corrected chi connectivity index (χ3v) is 3.60. The van der Waals surface area contributed by atoms with E-state index in [1.54, 1.807) is 0 Å². The molecule has 1 heterocycles. The van der Waals surface area contributed by atoms with Crippen LogP contribution in [-0.2, 0) is 0 Å². The van der Waals surface area contributed by atoms with Crippen LogP contribution in [0.2, 0.25) is 0 Å². The summed E-state index contributed by atoms with van der Waals surface area (Å²) >= 11 is 4.43. The van der Waals surface area contributed by atoms with E-state index in [1.807, 2.05) is 0 Å². The molecule has 0 radical (unpaired) electrons. The second-order valence-corrected chi connectivity index (χ2v) is 4.99. The van der Waals surface area contributed by atoms with Crippen molar-refractivity contribution in [2.24, 2.45) is 5.41 Å². The third-order valence-electron chi connectivity index (χ3n) is 3.27. The van der Waals surface area contributed by atoms with Gasteiger partial charge in [0.1, 0.15) is 0 Å². The number of rotatable bonds is 1. The zero-order valence-electron chi connectivity index (χ0n) is 7.21. The quantitative estimate of drug-likeness (QED) is 0.592. The molecule has 1 saturated heterocycles. The van der Waals surface area contributed by atoms with Crippen LogP contribution >= 0.6 is 12.6 Å². The van der Waals surface area contributed by atoms with Gasteiger partial charge in [0.15, 0.2) is 0 Å². The fourth-order valence-corrected chi connectivity index (χ4v) is 2.68.